The van der Waals surface area contributed by atoms with E-state index in [0.717, 1.165) is 36.1 Å². The number of benzene rings is 1. The van der Waals surface area contributed by atoms with Crippen LogP contribution in [0, 0.1) is 6.92 Å². The molecule has 1 aromatic heterocycles. The van der Waals surface area contributed by atoms with E-state index < -0.39 is 0 Å². The van der Waals surface area contributed by atoms with Gasteiger partial charge in [-0.05, 0) is 31.4 Å². The first-order chi connectivity index (χ1) is 8.31. The zero-order valence-electron chi connectivity index (χ0n) is 9.63. The third kappa shape index (κ3) is 1.65. The highest BCUT2D eigenvalue weighted by atomic mass is 16.1. The lowest BCUT2D eigenvalue weighted by atomic mass is 10.1. The van der Waals surface area contributed by atoms with Crippen molar-refractivity contribution in [2.45, 2.75) is 25.7 Å². The smallest absolute Gasteiger partial charge is 0.172 e. The summed E-state index contributed by atoms with van der Waals surface area (Å²) < 4.78 is 1.82. The summed E-state index contributed by atoms with van der Waals surface area (Å²) in [6, 6.07) is 8.01. The highest BCUT2D eigenvalue weighted by Gasteiger charge is 2.31. The Labute approximate surface area is 99.3 Å². The first kappa shape index (κ1) is 10.2. The molecule has 0 unspecified atom stereocenters. The van der Waals surface area contributed by atoms with Crippen LogP contribution in [0.2, 0.25) is 0 Å². The molecule has 17 heavy (non-hydrogen) atoms. The van der Waals surface area contributed by atoms with Gasteiger partial charge in [0.15, 0.2) is 6.29 Å². The fourth-order valence-electron chi connectivity index (χ4n) is 2.10. The predicted molar refractivity (Wildman–Crippen MR) is 63.5 cm³/mol. The van der Waals surface area contributed by atoms with Crippen LogP contribution in [-0.2, 0) is 0 Å². The zero-order valence-corrected chi connectivity index (χ0v) is 9.63. The van der Waals surface area contributed by atoms with Crippen LogP contribution in [-0.4, -0.2) is 21.3 Å². The summed E-state index contributed by atoms with van der Waals surface area (Å²) in [7, 11) is 0. The van der Waals surface area contributed by atoms with E-state index in [1.165, 1.54) is 0 Å². The van der Waals surface area contributed by atoms with E-state index in [-0.39, 0.29) is 0 Å². The summed E-state index contributed by atoms with van der Waals surface area (Å²) in [6.45, 7) is 2.04. The minimum absolute atomic E-state index is 0.449. The molecule has 0 aliphatic heterocycles. The molecular weight excluding hydrogens is 214 g/mol. The predicted octanol–water partition coefficient (Wildman–Crippen LogP) is 2.27. The SMILES string of the molecule is Cc1ccccc1-n1nnc(C=O)c1C1CC1. The Morgan fingerprint density at radius 3 is 2.76 bits per heavy atom. The molecule has 0 radical (unpaired) electrons. The van der Waals surface area contributed by atoms with Gasteiger partial charge in [-0.15, -0.1) is 5.10 Å². The number of aldehydes is 1. The Morgan fingerprint density at radius 2 is 2.12 bits per heavy atom. The van der Waals surface area contributed by atoms with Crippen LogP contribution < -0.4 is 0 Å². The van der Waals surface area contributed by atoms with Crippen LogP contribution in [0.15, 0.2) is 24.3 Å². The molecule has 0 spiro atoms. The topological polar surface area (TPSA) is 47.8 Å². The average Bonchev–Trinajstić information content (AvgIpc) is 3.10. The van der Waals surface area contributed by atoms with Crippen molar-refractivity contribution in [3.05, 3.63) is 41.2 Å². The molecule has 3 rings (SSSR count). The summed E-state index contributed by atoms with van der Waals surface area (Å²) in [5.41, 5.74) is 3.59. The minimum Gasteiger partial charge on any atom is -0.296 e. The number of carbonyl (C=O) groups is 1. The Hall–Kier alpha value is -1.97. The lowest BCUT2D eigenvalue weighted by Gasteiger charge is -2.08. The molecule has 0 N–H and O–H groups in total. The van der Waals surface area contributed by atoms with E-state index in [9.17, 15) is 4.79 Å². The van der Waals surface area contributed by atoms with E-state index in [2.05, 4.69) is 10.3 Å². The van der Waals surface area contributed by atoms with Crippen LogP contribution in [0.5, 0.6) is 0 Å². The van der Waals surface area contributed by atoms with Gasteiger partial charge in [-0.25, -0.2) is 4.68 Å². The van der Waals surface area contributed by atoms with Gasteiger partial charge >= 0.3 is 0 Å². The third-order valence-corrected chi connectivity index (χ3v) is 3.15. The van der Waals surface area contributed by atoms with Crippen molar-refractivity contribution in [2.24, 2.45) is 0 Å². The van der Waals surface area contributed by atoms with Gasteiger partial charge in [0.05, 0.1) is 11.4 Å². The van der Waals surface area contributed by atoms with Crippen LogP contribution in [0.1, 0.15) is 40.5 Å². The van der Waals surface area contributed by atoms with E-state index in [1.807, 2.05) is 35.9 Å². The molecular formula is C13H13N3O. The van der Waals surface area contributed by atoms with Crippen molar-refractivity contribution in [3.63, 3.8) is 0 Å². The Morgan fingerprint density at radius 1 is 1.35 bits per heavy atom. The van der Waals surface area contributed by atoms with Crippen LogP contribution in [0.3, 0.4) is 0 Å². The molecule has 1 heterocycles. The molecule has 0 atom stereocenters. The second-order valence-electron chi connectivity index (χ2n) is 4.45. The van der Waals surface area contributed by atoms with Gasteiger partial charge in [0.25, 0.3) is 0 Å². The number of rotatable bonds is 3. The fourth-order valence-corrected chi connectivity index (χ4v) is 2.10. The molecule has 0 amide bonds. The van der Waals surface area contributed by atoms with Crippen molar-refractivity contribution in [1.82, 2.24) is 15.0 Å². The quantitative estimate of drug-likeness (QED) is 0.756. The Bertz CT molecular complexity index is 570. The molecule has 0 bridgehead atoms. The maximum Gasteiger partial charge on any atom is 0.172 e. The second kappa shape index (κ2) is 3.80. The minimum atomic E-state index is 0.449. The van der Waals surface area contributed by atoms with Crippen molar-refractivity contribution < 1.29 is 4.79 Å². The standard InChI is InChI=1S/C13H13N3O/c1-9-4-2-3-5-12(9)16-13(10-6-7-10)11(8-17)14-15-16/h2-5,8,10H,6-7H2,1H3. The second-order valence-corrected chi connectivity index (χ2v) is 4.45. The molecule has 86 valence electrons. The highest BCUT2D eigenvalue weighted by molar-refractivity contribution is 5.74. The third-order valence-electron chi connectivity index (χ3n) is 3.15. The van der Waals surface area contributed by atoms with Crippen molar-refractivity contribution in [3.8, 4) is 5.69 Å². The number of hydrogen-bond acceptors (Lipinski definition) is 3. The molecule has 1 saturated carbocycles. The summed E-state index contributed by atoms with van der Waals surface area (Å²) in [4.78, 5) is 11.0. The monoisotopic (exact) mass is 227 g/mol. The van der Waals surface area contributed by atoms with E-state index in [4.69, 9.17) is 0 Å². The van der Waals surface area contributed by atoms with Crippen molar-refractivity contribution in [2.75, 3.05) is 0 Å². The van der Waals surface area contributed by atoms with Crippen LogP contribution >= 0.6 is 0 Å². The van der Waals surface area contributed by atoms with E-state index in [1.54, 1.807) is 0 Å². The lowest BCUT2D eigenvalue weighted by molar-refractivity contribution is 0.111. The van der Waals surface area contributed by atoms with Gasteiger partial charge in [0, 0.05) is 5.92 Å². The molecule has 1 aliphatic carbocycles. The number of carbonyl (C=O) groups excluding carboxylic acids is 1. The van der Waals surface area contributed by atoms with Gasteiger partial charge in [-0.1, -0.05) is 23.4 Å². The number of aromatic nitrogens is 3. The molecule has 4 nitrogen and oxygen atoms in total. The Balaban J connectivity index is 2.18. The van der Waals surface area contributed by atoms with Crippen LogP contribution in [0.4, 0.5) is 0 Å². The van der Waals surface area contributed by atoms with Crippen LogP contribution in [0.25, 0.3) is 5.69 Å². The van der Waals surface area contributed by atoms with Gasteiger partial charge < -0.3 is 0 Å². The maximum absolute atomic E-state index is 11.0. The van der Waals surface area contributed by atoms with Crippen molar-refractivity contribution in [1.29, 1.82) is 0 Å². The zero-order chi connectivity index (χ0) is 11.8. The fraction of sp³-hybridized carbons (Fsp3) is 0.308. The Kier molecular flexibility index (Phi) is 2.28. The summed E-state index contributed by atoms with van der Waals surface area (Å²) >= 11 is 0. The molecule has 1 fully saturated rings. The summed E-state index contributed by atoms with van der Waals surface area (Å²) in [5, 5.41) is 8.07. The molecule has 1 aliphatic rings. The van der Waals surface area contributed by atoms with Crippen molar-refractivity contribution >= 4 is 6.29 Å². The first-order valence-corrected chi connectivity index (χ1v) is 5.78. The van der Waals surface area contributed by atoms with E-state index in [0.29, 0.717) is 11.6 Å². The van der Waals surface area contributed by atoms with Gasteiger partial charge in [-0.3, -0.25) is 4.79 Å². The first-order valence-electron chi connectivity index (χ1n) is 5.78. The molecule has 4 heteroatoms. The summed E-state index contributed by atoms with van der Waals surface area (Å²) in [6.07, 6.45) is 3.05. The number of para-hydroxylation sites is 1. The van der Waals surface area contributed by atoms with E-state index >= 15 is 0 Å². The number of hydrogen-bond donors (Lipinski definition) is 0. The van der Waals surface area contributed by atoms with Gasteiger partial charge in [0.2, 0.25) is 0 Å². The lowest BCUT2D eigenvalue weighted by Crippen LogP contribution is -2.04. The summed E-state index contributed by atoms with van der Waals surface area (Å²) in [5.74, 6) is 0.449. The number of aryl methyl sites for hydroxylation is 1. The molecule has 1 aromatic carbocycles. The normalized spacial score (nSPS) is 14.9. The molecule has 2 aromatic rings. The van der Waals surface area contributed by atoms with Gasteiger partial charge in [-0.2, -0.15) is 0 Å². The number of nitrogens with zero attached hydrogens (tertiary/aromatic N) is 3. The largest absolute Gasteiger partial charge is 0.296 e. The maximum atomic E-state index is 11.0. The molecule has 0 saturated heterocycles. The highest BCUT2D eigenvalue weighted by Crippen LogP contribution is 2.41. The average molecular weight is 227 g/mol. The van der Waals surface area contributed by atoms with Gasteiger partial charge in [0.1, 0.15) is 5.69 Å².